The van der Waals surface area contributed by atoms with E-state index < -0.39 is 15.1 Å². The van der Waals surface area contributed by atoms with Crippen molar-refractivity contribution in [2.75, 3.05) is 51.6 Å². The fourth-order valence-electron chi connectivity index (χ4n) is 3.81. The van der Waals surface area contributed by atoms with E-state index in [1.54, 1.807) is 7.05 Å². The fraction of sp³-hybridized carbons (Fsp3) is 0.611. The summed E-state index contributed by atoms with van der Waals surface area (Å²) >= 11 is 0. The summed E-state index contributed by atoms with van der Waals surface area (Å²) in [5.41, 5.74) is 0.342. The summed E-state index contributed by atoms with van der Waals surface area (Å²) in [7, 11) is -2.07. The third kappa shape index (κ3) is 4.56. The molecule has 0 spiro atoms. The van der Waals surface area contributed by atoms with Crippen molar-refractivity contribution >= 4 is 27.5 Å². The van der Waals surface area contributed by atoms with Gasteiger partial charge in [0.2, 0.25) is 0 Å². The fourth-order valence-corrected chi connectivity index (χ4v) is 5.56. The Kier molecular flexibility index (Phi) is 6.60. The standard InChI is InChI=1S/C18H27N5O6S/c1-13-11-22(12-14(2)29-13)30(27,28)21-8-6-20(7-9-21)18(24)15-4-5-16(19-3)17(10-15)23(25)26/h4-5,10,13-14,19H,6-9,11-12H2,1-3H3/t13-,14-/m0/s1. The van der Waals surface area contributed by atoms with Gasteiger partial charge in [0.25, 0.3) is 21.8 Å². The first kappa shape index (κ1) is 22.4. The number of nitrogens with one attached hydrogen (secondary N) is 1. The third-order valence-corrected chi connectivity index (χ3v) is 7.24. The number of rotatable bonds is 5. The molecule has 12 heteroatoms. The van der Waals surface area contributed by atoms with Crippen LogP contribution in [-0.4, -0.2) is 91.3 Å². The minimum atomic E-state index is -3.64. The highest BCUT2D eigenvalue weighted by Gasteiger charge is 2.37. The van der Waals surface area contributed by atoms with E-state index in [-0.39, 0.29) is 55.5 Å². The van der Waals surface area contributed by atoms with Crippen LogP contribution in [0.3, 0.4) is 0 Å². The molecule has 2 fully saturated rings. The van der Waals surface area contributed by atoms with Crippen molar-refractivity contribution in [3.63, 3.8) is 0 Å². The lowest BCUT2D eigenvalue weighted by Crippen LogP contribution is -2.57. The van der Waals surface area contributed by atoms with Crippen molar-refractivity contribution in [2.24, 2.45) is 0 Å². The normalized spacial score (nSPS) is 23.9. The van der Waals surface area contributed by atoms with Gasteiger partial charge in [-0.1, -0.05) is 0 Å². The predicted octanol–water partition coefficient (Wildman–Crippen LogP) is 0.748. The summed E-state index contributed by atoms with van der Waals surface area (Å²) < 4.78 is 34.4. The second-order valence-corrected chi connectivity index (χ2v) is 9.44. The van der Waals surface area contributed by atoms with Gasteiger partial charge in [-0.25, -0.2) is 0 Å². The largest absolute Gasteiger partial charge is 0.383 e. The second-order valence-electron chi connectivity index (χ2n) is 7.51. The van der Waals surface area contributed by atoms with E-state index in [1.165, 1.54) is 31.7 Å². The minimum absolute atomic E-state index is 0.172. The Morgan fingerprint density at radius 2 is 1.73 bits per heavy atom. The zero-order valence-corrected chi connectivity index (χ0v) is 18.1. The van der Waals surface area contributed by atoms with Crippen LogP contribution >= 0.6 is 0 Å². The van der Waals surface area contributed by atoms with E-state index in [1.807, 2.05) is 13.8 Å². The number of carbonyl (C=O) groups is 1. The minimum Gasteiger partial charge on any atom is -0.383 e. The number of carbonyl (C=O) groups excluding carboxylic acids is 1. The monoisotopic (exact) mass is 441 g/mol. The Morgan fingerprint density at radius 1 is 1.13 bits per heavy atom. The summed E-state index contributed by atoms with van der Waals surface area (Å²) in [6.07, 6.45) is -0.356. The summed E-state index contributed by atoms with van der Waals surface area (Å²) in [5, 5.41) is 14.0. The van der Waals surface area contributed by atoms with Crippen LogP contribution in [0.1, 0.15) is 24.2 Å². The van der Waals surface area contributed by atoms with E-state index in [4.69, 9.17) is 4.74 Å². The van der Waals surface area contributed by atoms with E-state index in [0.717, 1.165) is 0 Å². The molecule has 30 heavy (non-hydrogen) atoms. The Hall–Kier alpha value is -2.28. The molecule has 1 aromatic rings. The molecule has 0 radical (unpaired) electrons. The molecule has 1 aromatic carbocycles. The van der Waals surface area contributed by atoms with Crippen molar-refractivity contribution < 1.29 is 22.9 Å². The average Bonchev–Trinajstić information content (AvgIpc) is 2.72. The maximum absolute atomic E-state index is 13.0. The molecule has 2 atom stereocenters. The predicted molar refractivity (Wildman–Crippen MR) is 111 cm³/mol. The Labute approximate surface area is 175 Å². The number of hydrogen-bond donors (Lipinski definition) is 1. The zero-order chi connectivity index (χ0) is 22.1. The summed E-state index contributed by atoms with van der Waals surface area (Å²) in [6.45, 7) is 5.06. The Bertz CT molecular complexity index is 906. The van der Waals surface area contributed by atoms with Crippen LogP contribution in [0.4, 0.5) is 11.4 Å². The number of ether oxygens (including phenoxy) is 1. The quantitative estimate of drug-likeness (QED) is 0.528. The molecular formula is C18H27N5O6S. The van der Waals surface area contributed by atoms with Gasteiger partial charge < -0.3 is 15.0 Å². The molecule has 3 rings (SSSR count). The van der Waals surface area contributed by atoms with E-state index in [0.29, 0.717) is 18.8 Å². The number of anilines is 1. The van der Waals surface area contributed by atoms with E-state index in [2.05, 4.69) is 5.32 Å². The molecular weight excluding hydrogens is 414 g/mol. The van der Waals surface area contributed by atoms with Crippen molar-refractivity contribution in [1.82, 2.24) is 13.5 Å². The van der Waals surface area contributed by atoms with Gasteiger partial charge in [-0.3, -0.25) is 14.9 Å². The van der Waals surface area contributed by atoms with Gasteiger partial charge in [-0.05, 0) is 26.0 Å². The highest BCUT2D eigenvalue weighted by Crippen LogP contribution is 2.26. The number of amides is 1. The first-order chi connectivity index (χ1) is 14.1. The highest BCUT2D eigenvalue weighted by molar-refractivity contribution is 7.86. The molecule has 0 aromatic heterocycles. The number of nitro benzene ring substituents is 1. The van der Waals surface area contributed by atoms with Gasteiger partial charge in [-0.15, -0.1) is 0 Å². The van der Waals surface area contributed by atoms with Crippen molar-refractivity contribution in [1.29, 1.82) is 0 Å². The summed E-state index contributed by atoms with van der Waals surface area (Å²) in [4.78, 5) is 25.0. The summed E-state index contributed by atoms with van der Waals surface area (Å²) in [6, 6.07) is 4.27. The Balaban J connectivity index is 1.67. The number of morpholine rings is 1. The first-order valence-corrected chi connectivity index (χ1v) is 11.2. The van der Waals surface area contributed by atoms with Gasteiger partial charge >= 0.3 is 0 Å². The van der Waals surface area contributed by atoms with Crippen LogP contribution < -0.4 is 5.32 Å². The molecule has 0 aliphatic carbocycles. The lowest BCUT2D eigenvalue weighted by Gasteiger charge is -2.40. The van der Waals surface area contributed by atoms with Gasteiger partial charge in [0.15, 0.2) is 0 Å². The molecule has 0 saturated carbocycles. The van der Waals surface area contributed by atoms with E-state index in [9.17, 15) is 23.3 Å². The second kappa shape index (κ2) is 8.84. The van der Waals surface area contributed by atoms with Crippen molar-refractivity contribution in [3.8, 4) is 0 Å². The molecule has 166 valence electrons. The van der Waals surface area contributed by atoms with Crippen LogP contribution in [0.15, 0.2) is 18.2 Å². The molecule has 0 bridgehead atoms. The lowest BCUT2D eigenvalue weighted by atomic mass is 10.1. The van der Waals surface area contributed by atoms with E-state index >= 15 is 0 Å². The Morgan fingerprint density at radius 3 is 2.27 bits per heavy atom. The average molecular weight is 442 g/mol. The van der Waals surface area contributed by atoms with Crippen LogP contribution in [0.25, 0.3) is 0 Å². The molecule has 2 aliphatic heterocycles. The van der Waals surface area contributed by atoms with Gasteiger partial charge in [0, 0.05) is 57.9 Å². The van der Waals surface area contributed by atoms with Crippen LogP contribution in [0.5, 0.6) is 0 Å². The van der Waals surface area contributed by atoms with Crippen LogP contribution in [0, 0.1) is 10.1 Å². The molecule has 0 unspecified atom stereocenters. The van der Waals surface area contributed by atoms with Gasteiger partial charge in [-0.2, -0.15) is 17.0 Å². The summed E-state index contributed by atoms with van der Waals surface area (Å²) in [5.74, 6) is -0.355. The number of hydrogen-bond acceptors (Lipinski definition) is 7. The zero-order valence-electron chi connectivity index (χ0n) is 17.3. The third-order valence-electron chi connectivity index (χ3n) is 5.28. The first-order valence-electron chi connectivity index (χ1n) is 9.79. The van der Waals surface area contributed by atoms with Gasteiger partial charge in [0.05, 0.1) is 17.1 Å². The maximum atomic E-state index is 13.0. The maximum Gasteiger partial charge on any atom is 0.293 e. The molecule has 2 saturated heterocycles. The number of nitrogens with zero attached hydrogens (tertiary/aromatic N) is 4. The molecule has 1 N–H and O–H groups in total. The number of benzene rings is 1. The van der Waals surface area contributed by atoms with Gasteiger partial charge in [0.1, 0.15) is 5.69 Å². The van der Waals surface area contributed by atoms with Crippen LogP contribution in [-0.2, 0) is 14.9 Å². The lowest BCUT2D eigenvalue weighted by molar-refractivity contribution is -0.384. The number of nitro groups is 1. The smallest absolute Gasteiger partial charge is 0.293 e. The molecule has 2 heterocycles. The molecule has 2 aliphatic rings. The van der Waals surface area contributed by atoms with Crippen molar-refractivity contribution in [2.45, 2.75) is 26.1 Å². The SMILES string of the molecule is CNc1ccc(C(=O)N2CCN(S(=O)(=O)N3C[C@H](C)O[C@@H](C)C3)CC2)cc1[N+](=O)[O-]. The number of piperazine rings is 1. The molecule has 11 nitrogen and oxygen atoms in total. The van der Waals surface area contributed by atoms with Crippen molar-refractivity contribution in [3.05, 3.63) is 33.9 Å². The van der Waals surface area contributed by atoms with Crippen LogP contribution in [0.2, 0.25) is 0 Å². The highest BCUT2D eigenvalue weighted by atomic mass is 32.2. The molecule has 1 amide bonds. The topological polar surface area (TPSA) is 125 Å².